The summed E-state index contributed by atoms with van der Waals surface area (Å²) in [6.45, 7) is 2.10. The molecule has 1 atom stereocenters. The highest BCUT2D eigenvalue weighted by atomic mass is 16.3. The Kier molecular flexibility index (Phi) is 7.18. The van der Waals surface area contributed by atoms with Gasteiger partial charge < -0.3 is 5.11 Å². The summed E-state index contributed by atoms with van der Waals surface area (Å²) in [6.07, 6.45) is 2.48. The number of aliphatic hydroxyl groups excluding tert-OH is 1. The zero-order valence-electron chi connectivity index (χ0n) is 14.0. The summed E-state index contributed by atoms with van der Waals surface area (Å²) in [4.78, 5) is 11.9. The summed E-state index contributed by atoms with van der Waals surface area (Å²) in [7, 11) is 0. The molecule has 126 valence electrons. The maximum Gasteiger partial charge on any atom is 0.240 e. The topological polar surface area (TPSA) is 61.7 Å². The van der Waals surface area contributed by atoms with Gasteiger partial charge in [0.1, 0.15) is 11.8 Å². The molecule has 2 rings (SSSR count). The van der Waals surface area contributed by atoms with Gasteiger partial charge in [-0.3, -0.25) is 4.79 Å². The molecule has 0 aliphatic heterocycles. The molecule has 0 aliphatic carbocycles. The Labute approximate surface area is 143 Å². The standard InChI is InChI=1S/C20H24N2O2/c1-2-3-6-15-18(23)21-22-19(16-11-7-4-8-12-16)20(24)17-13-9-5-10-14-17/h4-5,7-14,20,24H,2-3,6,15H2,1H3,(H,21,23). The van der Waals surface area contributed by atoms with Crippen LogP contribution >= 0.6 is 0 Å². The van der Waals surface area contributed by atoms with Crippen LogP contribution in [0.3, 0.4) is 0 Å². The average molecular weight is 324 g/mol. The lowest BCUT2D eigenvalue weighted by Crippen LogP contribution is -2.23. The third kappa shape index (κ3) is 5.32. The van der Waals surface area contributed by atoms with E-state index in [0.717, 1.165) is 30.4 Å². The SMILES string of the molecule is CCCCCC(=O)NN=C(c1ccccc1)C(O)c1ccccc1. The van der Waals surface area contributed by atoms with Gasteiger partial charge in [-0.25, -0.2) is 5.43 Å². The first-order valence-corrected chi connectivity index (χ1v) is 8.37. The van der Waals surface area contributed by atoms with E-state index in [1.807, 2.05) is 60.7 Å². The Hall–Kier alpha value is -2.46. The Morgan fingerprint density at radius 1 is 1.04 bits per heavy atom. The van der Waals surface area contributed by atoms with Gasteiger partial charge in [0, 0.05) is 12.0 Å². The van der Waals surface area contributed by atoms with Gasteiger partial charge in [0.2, 0.25) is 5.91 Å². The maximum absolute atomic E-state index is 11.9. The van der Waals surface area contributed by atoms with Crippen LogP contribution in [0.15, 0.2) is 65.8 Å². The van der Waals surface area contributed by atoms with Gasteiger partial charge in [-0.15, -0.1) is 0 Å². The van der Waals surface area contributed by atoms with Gasteiger partial charge in [0.25, 0.3) is 0 Å². The van der Waals surface area contributed by atoms with Crippen molar-refractivity contribution in [2.75, 3.05) is 0 Å². The molecule has 1 unspecified atom stereocenters. The quantitative estimate of drug-likeness (QED) is 0.440. The Bertz CT molecular complexity index is 654. The Morgan fingerprint density at radius 2 is 1.67 bits per heavy atom. The van der Waals surface area contributed by atoms with E-state index < -0.39 is 6.10 Å². The van der Waals surface area contributed by atoms with Crippen LogP contribution in [0, 0.1) is 0 Å². The lowest BCUT2D eigenvalue weighted by atomic mass is 9.99. The largest absolute Gasteiger partial charge is 0.382 e. The van der Waals surface area contributed by atoms with Crippen molar-refractivity contribution in [1.29, 1.82) is 0 Å². The second-order valence-electron chi connectivity index (χ2n) is 5.67. The molecule has 2 aromatic rings. The number of carbonyl (C=O) groups is 1. The molecular weight excluding hydrogens is 300 g/mol. The van der Waals surface area contributed by atoms with Crippen LogP contribution in [0.1, 0.15) is 49.8 Å². The molecule has 0 heterocycles. The first-order chi connectivity index (χ1) is 11.7. The number of nitrogens with one attached hydrogen (secondary N) is 1. The van der Waals surface area contributed by atoms with E-state index in [0.29, 0.717) is 12.1 Å². The molecule has 0 fully saturated rings. The highest BCUT2D eigenvalue weighted by molar-refractivity contribution is 6.04. The smallest absolute Gasteiger partial charge is 0.240 e. The first kappa shape index (κ1) is 17.9. The molecule has 0 aromatic heterocycles. The lowest BCUT2D eigenvalue weighted by molar-refractivity contribution is -0.121. The van der Waals surface area contributed by atoms with Crippen molar-refractivity contribution in [3.05, 3.63) is 71.8 Å². The van der Waals surface area contributed by atoms with Crippen molar-refractivity contribution in [2.24, 2.45) is 5.10 Å². The third-order valence-corrected chi connectivity index (χ3v) is 3.75. The van der Waals surface area contributed by atoms with Crippen LogP contribution in [0.4, 0.5) is 0 Å². The first-order valence-electron chi connectivity index (χ1n) is 8.37. The molecular formula is C20H24N2O2. The summed E-state index contributed by atoms with van der Waals surface area (Å²) < 4.78 is 0. The molecule has 0 saturated carbocycles. The van der Waals surface area contributed by atoms with Gasteiger partial charge in [0.15, 0.2) is 0 Å². The number of carbonyl (C=O) groups excluding carboxylic acids is 1. The highest BCUT2D eigenvalue weighted by Gasteiger charge is 2.17. The number of amides is 1. The summed E-state index contributed by atoms with van der Waals surface area (Å²) in [5, 5.41) is 14.9. The van der Waals surface area contributed by atoms with E-state index in [-0.39, 0.29) is 5.91 Å². The normalized spacial score (nSPS) is 12.7. The number of hydrogen-bond acceptors (Lipinski definition) is 3. The second-order valence-corrected chi connectivity index (χ2v) is 5.67. The number of unbranched alkanes of at least 4 members (excludes halogenated alkanes) is 2. The van der Waals surface area contributed by atoms with Crippen molar-refractivity contribution in [2.45, 2.75) is 38.7 Å². The van der Waals surface area contributed by atoms with Crippen molar-refractivity contribution >= 4 is 11.6 Å². The van der Waals surface area contributed by atoms with Crippen LogP contribution in [0.25, 0.3) is 0 Å². The van der Waals surface area contributed by atoms with Crippen molar-refractivity contribution in [3.8, 4) is 0 Å². The van der Waals surface area contributed by atoms with E-state index in [9.17, 15) is 9.90 Å². The fourth-order valence-electron chi connectivity index (χ4n) is 2.40. The van der Waals surface area contributed by atoms with E-state index in [1.54, 1.807) is 0 Å². The summed E-state index contributed by atoms with van der Waals surface area (Å²) in [5.41, 5.74) is 4.53. The molecule has 0 bridgehead atoms. The monoisotopic (exact) mass is 324 g/mol. The van der Waals surface area contributed by atoms with Crippen molar-refractivity contribution in [1.82, 2.24) is 5.43 Å². The van der Waals surface area contributed by atoms with Crippen molar-refractivity contribution in [3.63, 3.8) is 0 Å². The summed E-state index contributed by atoms with van der Waals surface area (Å²) in [5.74, 6) is -0.128. The molecule has 2 N–H and O–H groups in total. The van der Waals surface area contributed by atoms with E-state index in [4.69, 9.17) is 0 Å². The molecule has 0 spiro atoms. The number of hydrazone groups is 1. The van der Waals surface area contributed by atoms with Crippen LogP contribution in [-0.2, 0) is 4.79 Å². The van der Waals surface area contributed by atoms with E-state index in [2.05, 4.69) is 17.5 Å². The van der Waals surface area contributed by atoms with Gasteiger partial charge in [-0.05, 0) is 12.0 Å². The number of nitrogens with zero attached hydrogens (tertiary/aromatic N) is 1. The molecule has 2 aromatic carbocycles. The Morgan fingerprint density at radius 3 is 2.29 bits per heavy atom. The van der Waals surface area contributed by atoms with Gasteiger partial charge >= 0.3 is 0 Å². The molecule has 0 saturated heterocycles. The van der Waals surface area contributed by atoms with E-state index in [1.165, 1.54) is 0 Å². The molecule has 4 heteroatoms. The van der Waals surface area contributed by atoms with Gasteiger partial charge in [-0.2, -0.15) is 5.10 Å². The number of aliphatic hydroxyl groups is 1. The molecule has 0 aliphatic rings. The predicted molar refractivity (Wildman–Crippen MR) is 96.7 cm³/mol. The number of rotatable bonds is 8. The molecule has 24 heavy (non-hydrogen) atoms. The zero-order valence-corrected chi connectivity index (χ0v) is 14.0. The van der Waals surface area contributed by atoms with Crippen LogP contribution in [-0.4, -0.2) is 16.7 Å². The van der Waals surface area contributed by atoms with Gasteiger partial charge in [0.05, 0.1) is 0 Å². The molecule has 1 amide bonds. The minimum absolute atomic E-state index is 0.128. The summed E-state index contributed by atoms with van der Waals surface area (Å²) >= 11 is 0. The van der Waals surface area contributed by atoms with Crippen LogP contribution < -0.4 is 5.43 Å². The van der Waals surface area contributed by atoms with Crippen LogP contribution in [0.2, 0.25) is 0 Å². The molecule has 0 radical (unpaired) electrons. The summed E-state index contributed by atoms with van der Waals surface area (Å²) in [6, 6.07) is 18.7. The van der Waals surface area contributed by atoms with Crippen molar-refractivity contribution < 1.29 is 9.90 Å². The van der Waals surface area contributed by atoms with Crippen LogP contribution in [0.5, 0.6) is 0 Å². The number of benzene rings is 2. The third-order valence-electron chi connectivity index (χ3n) is 3.75. The highest BCUT2D eigenvalue weighted by Crippen LogP contribution is 2.19. The average Bonchev–Trinajstić information content (AvgIpc) is 2.63. The molecule has 4 nitrogen and oxygen atoms in total. The number of hydrogen-bond donors (Lipinski definition) is 2. The Balaban J connectivity index is 2.17. The van der Waals surface area contributed by atoms with Gasteiger partial charge in [-0.1, -0.05) is 80.4 Å². The fourth-order valence-corrected chi connectivity index (χ4v) is 2.40. The van der Waals surface area contributed by atoms with E-state index >= 15 is 0 Å². The lowest BCUT2D eigenvalue weighted by Gasteiger charge is -2.15. The zero-order chi connectivity index (χ0) is 17.2. The minimum Gasteiger partial charge on any atom is -0.382 e. The maximum atomic E-state index is 11.9. The predicted octanol–water partition coefficient (Wildman–Crippen LogP) is 3.82. The second kappa shape index (κ2) is 9.63. The fraction of sp³-hybridized carbons (Fsp3) is 0.300. The minimum atomic E-state index is -0.899.